The zero-order chi connectivity index (χ0) is 8.72. The van der Waals surface area contributed by atoms with Crippen LogP contribution in [0, 0.1) is 23.7 Å². The number of fused-ring (bicyclic) bond motifs is 2. The van der Waals surface area contributed by atoms with Gasteiger partial charge >= 0.3 is 0 Å². The van der Waals surface area contributed by atoms with Gasteiger partial charge < -0.3 is 4.79 Å². The Morgan fingerprint density at radius 3 is 2.67 bits per heavy atom. The van der Waals surface area contributed by atoms with E-state index in [1.54, 1.807) is 6.92 Å². The van der Waals surface area contributed by atoms with E-state index < -0.39 is 0 Å². The third kappa shape index (κ3) is 0.872. The van der Waals surface area contributed by atoms with Crippen LogP contribution in [0.1, 0.15) is 13.3 Å². The summed E-state index contributed by atoms with van der Waals surface area (Å²) in [6.45, 7) is 1.63. The number of hydrogen-bond acceptors (Lipinski definition) is 2. The molecule has 0 N–H and O–H groups in total. The molecule has 64 valence electrons. The maximum Gasteiger partial charge on any atom is 0.134 e. The van der Waals surface area contributed by atoms with Crippen molar-refractivity contribution in [3.8, 4) is 0 Å². The number of allylic oxidation sites excluding steroid dienone is 2. The first-order chi connectivity index (χ1) is 5.74. The lowest BCUT2D eigenvalue weighted by molar-refractivity contribution is -0.122. The normalized spacial score (nSPS) is 43.4. The largest absolute Gasteiger partial charge is 0.303 e. The highest BCUT2D eigenvalue weighted by molar-refractivity contribution is 5.81. The molecule has 0 amide bonds. The molecule has 0 aromatic carbocycles. The van der Waals surface area contributed by atoms with Gasteiger partial charge in [0.25, 0.3) is 0 Å². The first-order valence-corrected chi connectivity index (χ1v) is 4.38. The molecule has 0 aromatic rings. The first-order valence-electron chi connectivity index (χ1n) is 4.38. The minimum absolute atomic E-state index is 0.105. The molecular weight excluding hydrogens is 152 g/mol. The quantitative estimate of drug-likeness (QED) is 0.454. The molecule has 0 radical (unpaired) electrons. The number of ketones is 1. The molecule has 2 heteroatoms. The summed E-state index contributed by atoms with van der Waals surface area (Å²) < 4.78 is 0. The molecule has 12 heavy (non-hydrogen) atoms. The smallest absolute Gasteiger partial charge is 0.134 e. The molecule has 0 unspecified atom stereocenters. The minimum atomic E-state index is 0.105. The van der Waals surface area contributed by atoms with E-state index in [1.807, 2.05) is 6.08 Å². The van der Waals surface area contributed by atoms with Crippen LogP contribution in [0.25, 0.3) is 0 Å². The number of rotatable bonds is 2. The van der Waals surface area contributed by atoms with E-state index in [0.717, 1.165) is 12.7 Å². The molecule has 2 aliphatic carbocycles. The molecule has 0 heterocycles. The van der Waals surface area contributed by atoms with Crippen molar-refractivity contribution in [2.75, 3.05) is 0 Å². The molecule has 1 saturated carbocycles. The van der Waals surface area contributed by atoms with Crippen LogP contribution in [0.2, 0.25) is 0 Å². The van der Waals surface area contributed by atoms with Gasteiger partial charge in [0.2, 0.25) is 0 Å². The van der Waals surface area contributed by atoms with Gasteiger partial charge in [0.05, 0.1) is 0 Å². The number of carbonyl (C=O) groups is 2. The Labute approximate surface area is 71.6 Å². The lowest BCUT2D eigenvalue weighted by atomic mass is 9.90. The van der Waals surface area contributed by atoms with Crippen molar-refractivity contribution in [2.24, 2.45) is 23.7 Å². The summed E-state index contributed by atoms with van der Waals surface area (Å²) in [5.74, 6) is 1.01. The first kappa shape index (κ1) is 7.71. The average Bonchev–Trinajstić information content (AvgIpc) is 2.59. The second-order valence-electron chi connectivity index (χ2n) is 3.80. The Bertz CT molecular complexity index is 255. The number of carbonyl (C=O) groups excluding carboxylic acids is 2. The van der Waals surface area contributed by atoms with Crippen LogP contribution in [0.15, 0.2) is 12.2 Å². The van der Waals surface area contributed by atoms with Crippen LogP contribution >= 0.6 is 0 Å². The van der Waals surface area contributed by atoms with Gasteiger partial charge in [-0.25, -0.2) is 0 Å². The SMILES string of the molecule is CC(=O)[C@@H]1[C@H]2C=C[C@@H]1C[C@@H]2C=O. The van der Waals surface area contributed by atoms with E-state index in [9.17, 15) is 9.59 Å². The summed E-state index contributed by atoms with van der Waals surface area (Å²) in [5, 5.41) is 0. The fraction of sp³-hybridized carbons (Fsp3) is 0.600. The van der Waals surface area contributed by atoms with Crippen molar-refractivity contribution in [1.82, 2.24) is 0 Å². The second kappa shape index (κ2) is 2.54. The predicted octanol–water partition coefficient (Wildman–Crippen LogP) is 1.21. The number of hydrogen-bond donors (Lipinski definition) is 0. The second-order valence-corrected chi connectivity index (χ2v) is 3.80. The molecular formula is C10H12O2. The van der Waals surface area contributed by atoms with Crippen LogP contribution in [0.5, 0.6) is 0 Å². The summed E-state index contributed by atoms with van der Waals surface area (Å²) in [6, 6.07) is 0. The average molecular weight is 164 g/mol. The fourth-order valence-corrected chi connectivity index (χ4v) is 2.62. The minimum Gasteiger partial charge on any atom is -0.303 e. The Morgan fingerprint density at radius 1 is 1.50 bits per heavy atom. The van der Waals surface area contributed by atoms with Gasteiger partial charge in [-0.05, 0) is 25.2 Å². The van der Waals surface area contributed by atoms with Gasteiger partial charge in [-0.2, -0.15) is 0 Å². The van der Waals surface area contributed by atoms with Gasteiger partial charge in [-0.1, -0.05) is 12.2 Å². The van der Waals surface area contributed by atoms with Crippen molar-refractivity contribution in [1.29, 1.82) is 0 Å². The summed E-state index contributed by atoms with van der Waals surface area (Å²) in [5.41, 5.74) is 0. The zero-order valence-corrected chi connectivity index (χ0v) is 7.07. The standard InChI is InChI=1S/C10H12O2/c1-6(12)10-7-2-3-9(10)8(4-7)5-11/h2-3,5,7-10H,4H2,1H3/t7-,8-,9+,10+/m1/s1. The molecule has 2 aliphatic rings. The van der Waals surface area contributed by atoms with Gasteiger partial charge in [0.1, 0.15) is 12.1 Å². The summed E-state index contributed by atoms with van der Waals surface area (Å²) in [6.07, 6.45) is 6.02. The van der Waals surface area contributed by atoms with Gasteiger partial charge in [0, 0.05) is 11.8 Å². The van der Waals surface area contributed by atoms with Crippen molar-refractivity contribution in [3.63, 3.8) is 0 Å². The summed E-state index contributed by atoms with van der Waals surface area (Å²) in [7, 11) is 0. The van der Waals surface area contributed by atoms with Crippen molar-refractivity contribution < 1.29 is 9.59 Å². The highest BCUT2D eigenvalue weighted by Gasteiger charge is 2.46. The molecule has 0 aromatic heterocycles. The maximum atomic E-state index is 11.2. The molecule has 2 nitrogen and oxygen atoms in total. The molecule has 0 spiro atoms. The van der Waals surface area contributed by atoms with Gasteiger partial charge in [-0.15, -0.1) is 0 Å². The van der Waals surface area contributed by atoms with Crippen LogP contribution in [0.4, 0.5) is 0 Å². The Morgan fingerprint density at radius 2 is 2.25 bits per heavy atom. The summed E-state index contributed by atoms with van der Waals surface area (Å²) >= 11 is 0. The Balaban J connectivity index is 2.24. The van der Waals surface area contributed by atoms with E-state index in [1.165, 1.54) is 0 Å². The highest BCUT2D eigenvalue weighted by Crippen LogP contribution is 2.47. The fourth-order valence-electron chi connectivity index (χ4n) is 2.62. The molecule has 4 atom stereocenters. The monoisotopic (exact) mass is 164 g/mol. The molecule has 2 rings (SSSR count). The van der Waals surface area contributed by atoms with E-state index in [-0.39, 0.29) is 23.5 Å². The topological polar surface area (TPSA) is 34.1 Å². The number of aldehydes is 1. The molecule has 2 bridgehead atoms. The third-order valence-electron chi connectivity index (χ3n) is 3.14. The zero-order valence-electron chi connectivity index (χ0n) is 7.07. The predicted molar refractivity (Wildman–Crippen MR) is 44.5 cm³/mol. The third-order valence-corrected chi connectivity index (χ3v) is 3.14. The van der Waals surface area contributed by atoms with E-state index in [2.05, 4.69) is 6.08 Å². The molecule has 0 aliphatic heterocycles. The van der Waals surface area contributed by atoms with Gasteiger partial charge in [0.15, 0.2) is 0 Å². The highest BCUT2D eigenvalue weighted by atomic mass is 16.1. The van der Waals surface area contributed by atoms with Crippen LogP contribution in [-0.4, -0.2) is 12.1 Å². The van der Waals surface area contributed by atoms with E-state index >= 15 is 0 Å². The van der Waals surface area contributed by atoms with Crippen molar-refractivity contribution in [3.05, 3.63) is 12.2 Å². The van der Waals surface area contributed by atoms with Crippen LogP contribution < -0.4 is 0 Å². The van der Waals surface area contributed by atoms with E-state index in [0.29, 0.717) is 5.92 Å². The lowest BCUT2D eigenvalue weighted by Gasteiger charge is -2.12. The summed E-state index contributed by atoms with van der Waals surface area (Å²) in [4.78, 5) is 21.8. The van der Waals surface area contributed by atoms with Gasteiger partial charge in [-0.3, -0.25) is 4.79 Å². The van der Waals surface area contributed by atoms with Crippen LogP contribution in [0.3, 0.4) is 0 Å². The number of Topliss-reactive ketones (excluding diaryl/α,β-unsaturated/α-hetero) is 1. The maximum absolute atomic E-state index is 11.2. The Kier molecular flexibility index (Phi) is 1.63. The Hall–Kier alpha value is -0.920. The van der Waals surface area contributed by atoms with Crippen molar-refractivity contribution >= 4 is 12.1 Å². The van der Waals surface area contributed by atoms with Crippen LogP contribution in [-0.2, 0) is 9.59 Å². The van der Waals surface area contributed by atoms with Crippen molar-refractivity contribution in [2.45, 2.75) is 13.3 Å². The molecule has 0 saturated heterocycles. The molecule has 1 fully saturated rings. The lowest BCUT2D eigenvalue weighted by Crippen LogP contribution is -2.18. The van der Waals surface area contributed by atoms with E-state index in [4.69, 9.17) is 0 Å².